The predicted molar refractivity (Wildman–Crippen MR) is 43.8 cm³/mol. The molecule has 12 heavy (non-hydrogen) atoms. The number of hydrogen-bond acceptors (Lipinski definition) is 2. The zero-order chi connectivity index (χ0) is 8.55. The highest BCUT2D eigenvalue weighted by Gasteiger charge is 2.18. The molecule has 1 aliphatic rings. The van der Waals surface area contributed by atoms with Gasteiger partial charge in [-0.1, -0.05) is 0 Å². The standard InChI is InChI=1S/C10H7NO/c11-6-7-1-3-9-8(5-7)2-4-10(9)12/h1,3,5H,2,4H2. The fourth-order valence-corrected chi connectivity index (χ4v) is 1.52. The molecule has 0 radical (unpaired) electrons. The number of hydrogen-bond donors (Lipinski definition) is 0. The molecule has 1 aliphatic carbocycles. The molecule has 58 valence electrons. The molecule has 0 bridgehead atoms. The molecule has 0 unspecified atom stereocenters. The summed E-state index contributed by atoms with van der Waals surface area (Å²) in [5, 5.41) is 8.60. The van der Waals surface area contributed by atoms with Crippen molar-refractivity contribution in [2.75, 3.05) is 0 Å². The minimum Gasteiger partial charge on any atom is -0.294 e. The largest absolute Gasteiger partial charge is 0.294 e. The van der Waals surface area contributed by atoms with Crippen LogP contribution in [-0.2, 0) is 6.42 Å². The molecule has 2 rings (SSSR count). The molecule has 2 nitrogen and oxygen atoms in total. The topological polar surface area (TPSA) is 40.9 Å². The zero-order valence-electron chi connectivity index (χ0n) is 6.50. The first kappa shape index (κ1) is 7.05. The highest BCUT2D eigenvalue weighted by molar-refractivity contribution is 6.00. The molecule has 0 saturated carbocycles. The summed E-state index contributed by atoms with van der Waals surface area (Å²) in [4.78, 5) is 11.2. The van der Waals surface area contributed by atoms with Gasteiger partial charge in [-0.2, -0.15) is 5.26 Å². The molecule has 0 N–H and O–H groups in total. The van der Waals surface area contributed by atoms with Gasteiger partial charge in [-0.3, -0.25) is 4.79 Å². The van der Waals surface area contributed by atoms with E-state index in [-0.39, 0.29) is 5.78 Å². The van der Waals surface area contributed by atoms with Gasteiger partial charge in [-0.15, -0.1) is 0 Å². The van der Waals surface area contributed by atoms with Gasteiger partial charge in [0.2, 0.25) is 0 Å². The van der Waals surface area contributed by atoms with E-state index in [1.807, 2.05) is 0 Å². The highest BCUT2D eigenvalue weighted by Crippen LogP contribution is 2.22. The van der Waals surface area contributed by atoms with Crippen molar-refractivity contribution in [1.29, 1.82) is 5.26 Å². The first-order valence-electron chi connectivity index (χ1n) is 3.87. The average molecular weight is 157 g/mol. The summed E-state index contributed by atoms with van der Waals surface area (Å²) in [5.74, 6) is 0.203. The van der Waals surface area contributed by atoms with Gasteiger partial charge in [0.25, 0.3) is 0 Å². The molecule has 0 heterocycles. The van der Waals surface area contributed by atoms with Gasteiger partial charge in [-0.25, -0.2) is 0 Å². The second-order valence-corrected chi connectivity index (χ2v) is 2.91. The van der Waals surface area contributed by atoms with Gasteiger partial charge in [0.15, 0.2) is 5.78 Å². The quantitative estimate of drug-likeness (QED) is 0.575. The fourth-order valence-electron chi connectivity index (χ4n) is 1.52. The Kier molecular flexibility index (Phi) is 1.44. The number of nitrogens with zero attached hydrogens (tertiary/aromatic N) is 1. The molecule has 0 aliphatic heterocycles. The van der Waals surface area contributed by atoms with E-state index in [4.69, 9.17) is 5.26 Å². The van der Waals surface area contributed by atoms with Crippen molar-refractivity contribution in [3.63, 3.8) is 0 Å². The van der Waals surface area contributed by atoms with E-state index in [0.29, 0.717) is 12.0 Å². The van der Waals surface area contributed by atoms with Gasteiger partial charge in [0.05, 0.1) is 11.6 Å². The first-order chi connectivity index (χ1) is 5.81. The molecule has 0 amide bonds. The van der Waals surface area contributed by atoms with E-state index < -0.39 is 0 Å². The molecule has 1 aromatic rings. The highest BCUT2D eigenvalue weighted by atomic mass is 16.1. The maximum atomic E-state index is 11.2. The van der Waals surface area contributed by atoms with Crippen LogP contribution in [0, 0.1) is 11.3 Å². The number of nitriles is 1. The van der Waals surface area contributed by atoms with Crippen molar-refractivity contribution >= 4 is 5.78 Å². The monoisotopic (exact) mass is 157 g/mol. The molecule has 0 saturated heterocycles. The Morgan fingerprint density at radius 2 is 2.17 bits per heavy atom. The van der Waals surface area contributed by atoms with E-state index in [1.54, 1.807) is 18.2 Å². The molecular weight excluding hydrogens is 150 g/mol. The number of aryl methyl sites for hydroxylation is 1. The number of fused-ring (bicyclic) bond motifs is 1. The molecular formula is C10H7NO. The van der Waals surface area contributed by atoms with Crippen molar-refractivity contribution in [2.45, 2.75) is 12.8 Å². The van der Waals surface area contributed by atoms with Gasteiger partial charge in [0.1, 0.15) is 0 Å². The van der Waals surface area contributed by atoms with Gasteiger partial charge in [0, 0.05) is 12.0 Å². The van der Waals surface area contributed by atoms with Crippen LogP contribution in [0.1, 0.15) is 27.9 Å². The molecule has 0 spiro atoms. The number of benzene rings is 1. The predicted octanol–water partition coefficient (Wildman–Crippen LogP) is 1.69. The Labute approximate surface area is 70.4 Å². The molecule has 0 fully saturated rings. The number of ketones is 1. The van der Waals surface area contributed by atoms with Gasteiger partial charge >= 0.3 is 0 Å². The third-order valence-corrected chi connectivity index (χ3v) is 2.16. The van der Waals surface area contributed by atoms with Crippen molar-refractivity contribution in [3.8, 4) is 6.07 Å². The molecule has 1 aromatic carbocycles. The third-order valence-electron chi connectivity index (χ3n) is 2.16. The molecule has 0 atom stereocenters. The first-order valence-corrected chi connectivity index (χ1v) is 3.87. The van der Waals surface area contributed by atoms with E-state index in [2.05, 4.69) is 6.07 Å². The van der Waals surface area contributed by atoms with Crippen LogP contribution in [0.3, 0.4) is 0 Å². The van der Waals surface area contributed by atoms with Crippen molar-refractivity contribution in [1.82, 2.24) is 0 Å². The summed E-state index contributed by atoms with van der Waals surface area (Å²) < 4.78 is 0. The minimum atomic E-state index is 0.203. The fraction of sp³-hybridized carbons (Fsp3) is 0.200. The van der Waals surface area contributed by atoms with Crippen molar-refractivity contribution in [2.24, 2.45) is 0 Å². The van der Waals surface area contributed by atoms with Gasteiger partial charge < -0.3 is 0 Å². The number of Topliss-reactive ketones (excluding diaryl/α,β-unsaturated/α-hetero) is 1. The summed E-state index contributed by atoms with van der Waals surface area (Å²) in [6.45, 7) is 0. The van der Waals surface area contributed by atoms with Crippen molar-refractivity contribution in [3.05, 3.63) is 34.9 Å². The second-order valence-electron chi connectivity index (χ2n) is 2.91. The second kappa shape index (κ2) is 2.46. The molecule has 0 aromatic heterocycles. The Morgan fingerprint density at radius 3 is 2.92 bits per heavy atom. The van der Waals surface area contributed by atoms with Crippen molar-refractivity contribution < 1.29 is 4.79 Å². The Bertz CT molecular complexity index is 387. The van der Waals surface area contributed by atoms with Crippen LogP contribution in [-0.4, -0.2) is 5.78 Å². The van der Waals surface area contributed by atoms with Gasteiger partial charge in [-0.05, 0) is 30.2 Å². The lowest BCUT2D eigenvalue weighted by Gasteiger charge is -1.95. The molecule has 2 heteroatoms. The Balaban J connectivity index is 2.57. The summed E-state index contributed by atoms with van der Waals surface area (Å²) in [7, 11) is 0. The zero-order valence-corrected chi connectivity index (χ0v) is 6.50. The Hall–Kier alpha value is -1.62. The number of carbonyl (C=O) groups excluding carboxylic acids is 1. The summed E-state index contributed by atoms with van der Waals surface area (Å²) >= 11 is 0. The van der Waals surface area contributed by atoms with E-state index in [0.717, 1.165) is 17.5 Å². The van der Waals surface area contributed by atoms with Crippen LogP contribution in [0.4, 0.5) is 0 Å². The SMILES string of the molecule is N#Cc1ccc2c(c1)CCC2=O. The van der Waals surface area contributed by atoms with Crippen LogP contribution in [0.25, 0.3) is 0 Å². The number of carbonyl (C=O) groups is 1. The van der Waals surface area contributed by atoms with Crippen LogP contribution in [0.2, 0.25) is 0 Å². The maximum Gasteiger partial charge on any atom is 0.163 e. The van der Waals surface area contributed by atoms with Crippen LogP contribution >= 0.6 is 0 Å². The average Bonchev–Trinajstić information content (AvgIpc) is 2.47. The maximum absolute atomic E-state index is 11.2. The summed E-state index contributed by atoms with van der Waals surface area (Å²) in [5.41, 5.74) is 2.47. The van der Waals surface area contributed by atoms with E-state index >= 15 is 0 Å². The van der Waals surface area contributed by atoms with E-state index in [9.17, 15) is 4.79 Å². The van der Waals surface area contributed by atoms with E-state index in [1.165, 1.54) is 0 Å². The smallest absolute Gasteiger partial charge is 0.163 e. The Morgan fingerprint density at radius 1 is 1.33 bits per heavy atom. The lowest BCUT2D eigenvalue weighted by molar-refractivity contribution is 0.0994. The summed E-state index contributed by atoms with van der Waals surface area (Å²) in [6, 6.07) is 7.32. The van der Waals surface area contributed by atoms with Crippen LogP contribution in [0.5, 0.6) is 0 Å². The summed E-state index contributed by atoms with van der Waals surface area (Å²) in [6.07, 6.45) is 1.40. The number of rotatable bonds is 0. The third kappa shape index (κ3) is 0.911. The normalized spacial score (nSPS) is 14.1. The minimum absolute atomic E-state index is 0.203. The lowest BCUT2D eigenvalue weighted by atomic mass is 10.1. The van der Waals surface area contributed by atoms with Crippen LogP contribution in [0.15, 0.2) is 18.2 Å². The lowest BCUT2D eigenvalue weighted by Crippen LogP contribution is -1.90. The van der Waals surface area contributed by atoms with Crippen LogP contribution < -0.4 is 0 Å².